The van der Waals surface area contributed by atoms with Crippen LogP contribution in [0, 0.1) is 13.8 Å². The van der Waals surface area contributed by atoms with E-state index >= 15 is 0 Å². The van der Waals surface area contributed by atoms with Crippen LogP contribution in [0.3, 0.4) is 0 Å². The second kappa shape index (κ2) is 3.01. The van der Waals surface area contributed by atoms with E-state index in [2.05, 4.69) is 42.4 Å². The van der Waals surface area contributed by atoms with E-state index in [1.807, 2.05) is 6.20 Å². The number of hydrogen-bond donors (Lipinski definition) is 0. The van der Waals surface area contributed by atoms with Crippen LogP contribution in [0.25, 0.3) is 5.69 Å². The molecule has 2 aromatic rings. The van der Waals surface area contributed by atoms with Gasteiger partial charge >= 0.3 is 0 Å². The zero-order chi connectivity index (χ0) is 9.26. The fourth-order valence-electron chi connectivity index (χ4n) is 1.30. The molecule has 13 heavy (non-hydrogen) atoms. The van der Waals surface area contributed by atoms with Gasteiger partial charge in [-0.3, -0.25) is 0 Å². The van der Waals surface area contributed by atoms with Crippen LogP contribution in [0.5, 0.6) is 0 Å². The van der Waals surface area contributed by atoms with Gasteiger partial charge in [0.15, 0.2) is 0 Å². The van der Waals surface area contributed by atoms with Crippen LogP contribution in [-0.4, -0.2) is 15.0 Å². The highest BCUT2D eigenvalue weighted by atomic mass is 15.4. The molecule has 1 aromatic heterocycles. The lowest BCUT2D eigenvalue weighted by Crippen LogP contribution is -1.98. The molecular weight excluding hydrogens is 162 g/mol. The summed E-state index contributed by atoms with van der Waals surface area (Å²) in [4.78, 5) is 0. The summed E-state index contributed by atoms with van der Waals surface area (Å²) < 4.78 is 1.78. The fraction of sp³-hybridized carbons (Fsp3) is 0.200. The van der Waals surface area contributed by atoms with E-state index in [0.717, 1.165) is 5.69 Å². The minimum Gasteiger partial charge on any atom is -0.221 e. The van der Waals surface area contributed by atoms with E-state index in [9.17, 15) is 0 Å². The second-order valence-corrected chi connectivity index (χ2v) is 3.14. The van der Waals surface area contributed by atoms with Gasteiger partial charge in [-0.25, -0.2) is 4.68 Å². The third-order valence-corrected chi connectivity index (χ3v) is 2.03. The summed E-state index contributed by atoms with van der Waals surface area (Å²) >= 11 is 0. The molecule has 0 aliphatic heterocycles. The van der Waals surface area contributed by atoms with Crippen LogP contribution >= 0.6 is 0 Å². The monoisotopic (exact) mass is 173 g/mol. The Kier molecular flexibility index (Phi) is 1.85. The molecular formula is C10H11N3. The quantitative estimate of drug-likeness (QED) is 0.659. The van der Waals surface area contributed by atoms with Crippen LogP contribution in [0.1, 0.15) is 11.1 Å². The molecule has 0 aliphatic rings. The first-order valence-electron chi connectivity index (χ1n) is 4.21. The normalized spacial score (nSPS) is 10.3. The van der Waals surface area contributed by atoms with Crippen molar-refractivity contribution in [3.63, 3.8) is 0 Å². The molecule has 0 radical (unpaired) electrons. The number of aromatic nitrogens is 3. The lowest BCUT2D eigenvalue weighted by Gasteiger charge is -2.05. The molecule has 1 aromatic carbocycles. The molecule has 0 saturated carbocycles. The number of rotatable bonds is 1. The zero-order valence-electron chi connectivity index (χ0n) is 7.73. The number of hydrogen-bond acceptors (Lipinski definition) is 2. The van der Waals surface area contributed by atoms with Crippen molar-refractivity contribution < 1.29 is 0 Å². The Hall–Kier alpha value is -1.64. The highest BCUT2D eigenvalue weighted by Crippen LogP contribution is 2.13. The van der Waals surface area contributed by atoms with Gasteiger partial charge in [0.25, 0.3) is 0 Å². The molecule has 0 aliphatic carbocycles. The van der Waals surface area contributed by atoms with Crippen LogP contribution in [0.15, 0.2) is 30.6 Å². The molecule has 1 heterocycles. The third kappa shape index (κ3) is 1.45. The summed E-state index contributed by atoms with van der Waals surface area (Å²) in [6.07, 6.45) is 3.53. The van der Waals surface area contributed by atoms with Gasteiger partial charge in [-0.15, -0.1) is 5.10 Å². The van der Waals surface area contributed by atoms with Gasteiger partial charge in [0.1, 0.15) is 0 Å². The van der Waals surface area contributed by atoms with E-state index in [1.165, 1.54) is 11.1 Å². The SMILES string of the molecule is Cc1ccc(C)c(-n2ccnn2)c1. The standard InChI is InChI=1S/C10H11N3/c1-8-3-4-9(2)10(7-8)13-6-5-11-12-13/h3-7H,1-2H3. The molecule has 0 N–H and O–H groups in total. The highest BCUT2D eigenvalue weighted by Gasteiger charge is 2.00. The van der Waals surface area contributed by atoms with Crippen LogP contribution in [0.4, 0.5) is 0 Å². The van der Waals surface area contributed by atoms with E-state index in [1.54, 1.807) is 10.9 Å². The molecule has 2 rings (SSSR count). The smallest absolute Gasteiger partial charge is 0.0697 e. The molecule has 0 atom stereocenters. The third-order valence-electron chi connectivity index (χ3n) is 2.03. The largest absolute Gasteiger partial charge is 0.221 e. The number of aryl methyl sites for hydroxylation is 2. The average Bonchev–Trinajstić information content (AvgIpc) is 2.61. The van der Waals surface area contributed by atoms with Gasteiger partial charge in [0.05, 0.1) is 18.1 Å². The highest BCUT2D eigenvalue weighted by molar-refractivity contribution is 5.41. The van der Waals surface area contributed by atoms with Gasteiger partial charge in [0, 0.05) is 0 Å². The second-order valence-electron chi connectivity index (χ2n) is 3.14. The topological polar surface area (TPSA) is 30.7 Å². The van der Waals surface area contributed by atoms with Crippen molar-refractivity contribution in [1.82, 2.24) is 15.0 Å². The van der Waals surface area contributed by atoms with Crippen molar-refractivity contribution >= 4 is 0 Å². The first-order chi connectivity index (χ1) is 6.27. The Morgan fingerprint density at radius 1 is 1.23 bits per heavy atom. The Bertz CT molecular complexity index is 404. The lowest BCUT2D eigenvalue weighted by molar-refractivity contribution is 0.798. The Morgan fingerprint density at radius 3 is 2.77 bits per heavy atom. The van der Waals surface area contributed by atoms with Crippen molar-refractivity contribution in [2.75, 3.05) is 0 Å². The molecule has 0 unspecified atom stereocenters. The molecule has 3 nitrogen and oxygen atoms in total. The van der Waals surface area contributed by atoms with Gasteiger partial charge in [-0.05, 0) is 31.0 Å². The van der Waals surface area contributed by atoms with Crippen LogP contribution in [-0.2, 0) is 0 Å². The Morgan fingerprint density at radius 2 is 2.08 bits per heavy atom. The summed E-state index contributed by atoms with van der Waals surface area (Å²) in [5.74, 6) is 0. The molecule has 0 fully saturated rings. The van der Waals surface area contributed by atoms with Crippen molar-refractivity contribution in [3.05, 3.63) is 41.7 Å². The minimum atomic E-state index is 1.09. The van der Waals surface area contributed by atoms with Gasteiger partial charge < -0.3 is 0 Å². The maximum absolute atomic E-state index is 3.96. The van der Waals surface area contributed by atoms with E-state index in [-0.39, 0.29) is 0 Å². The van der Waals surface area contributed by atoms with E-state index in [4.69, 9.17) is 0 Å². The summed E-state index contributed by atoms with van der Waals surface area (Å²) in [7, 11) is 0. The summed E-state index contributed by atoms with van der Waals surface area (Å²) in [5.41, 5.74) is 3.53. The zero-order valence-corrected chi connectivity index (χ0v) is 7.73. The summed E-state index contributed by atoms with van der Waals surface area (Å²) in [6, 6.07) is 6.28. The molecule has 0 bridgehead atoms. The predicted octanol–water partition coefficient (Wildman–Crippen LogP) is 1.88. The van der Waals surface area contributed by atoms with Gasteiger partial charge in [-0.2, -0.15) is 0 Å². The van der Waals surface area contributed by atoms with Crippen molar-refractivity contribution in [3.8, 4) is 5.69 Å². The molecule has 0 spiro atoms. The molecule has 0 saturated heterocycles. The average molecular weight is 173 g/mol. The predicted molar refractivity (Wildman–Crippen MR) is 50.8 cm³/mol. The fourth-order valence-corrected chi connectivity index (χ4v) is 1.30. The molecule has 3 heteroatoms. The van der Waals surface area contributed by atoms with Gasteiger partial charge in [-0.1, -0.05) is 17.3 Å². The van der Waals surface area contributed by atoms with Gasteiger partial charge in [0.2, 0.25) is 0 Å². The Labute approximate surface area is 77.0 Å². The maximum atomic E-state index is 3.96. The van der Waals surface area contributed by atoms with Crippen molar-refractivity contribution in [2.45, 2.75) is 13.8 Å². The molecule has 0 amide bonds. The van der Waals surface area contributed by atoms with E-state index in [0.29, 0.717) is 0 Å². The maximum Gasteiger partial charge on any atom is 0.0697 e. The Balaban J connectivity index is 2.57. The number of benzene rings is 1. The first kappa shape index (κ1) is 7.98. The van der Waals surface area contributed by atoms with E-state index < -0.39 is 0 Å². The lowest BCUT2D eigenvalue weighted by atomic mass is 10.1. The van der Waals surface area contributed by atoms with Crippen molar-refractivity contribution in [2.24, 2.45) is 0 Å². The van der Waals surface area contributed by atoms with Crippen LogP contribution < -0.4 is 0 Å². The number of nitrogens with zero attached hydrogens (tertiary/aromatic N) is 3. The van der Waals surface area contributed by atoms with Crippen LogP contribution in [0.2, 0.25) is 0 Å². The minimum absolute atomic E-state index is 1.09. The molecule has 66 valence electrons. The first-order valence-corrected chi connectivity index (χ1v) is 4.21. The van der Waals surface area contributed by atoms with Crippen molar-refractivity contribution in [1.29, 1.82) is 0 Å². The summed E-state index contributed by atoms with van der Waals surface area (Å²) in [5, 5.41) is 7.74. The summed E-state index contributed by atoms with van der Waals surface area (Å²) in [6.45, 7) is 4.14.